The van der Waals surface area contributed by atoms with Crippen molar-refractivity contribution in [3.63, 3.8) is 0 Å². The molecular weight excluding hydrogens is 275 g/mol. The summed E-state index contributed by atoms with van der Waals surface area (Å²) in [6.45, 7) is -0.202. The van der Waals surface area contributed by atoms with Crippen molar-refractivity contribution in [2.75, 3.05) is 6.54 Å². The molecule has 0 aromatic rings. The summed E-state index contributed by atoms with van der Waals surface area (Å²) in [5, 5.41) is 8.50. The molecule has 106 valence electrons. The zero-order valence-electron chi connectivity index (χ0n) is 9.48. The Balaban J connectivity index is 2.86. The summed E-state index contributed by atoms with van der Waals surface area (Å²) in [6, 6.07) is -0.874. The SMILES string of the molecule is O=C(O)CCC1CCCCN1S(=O)(=O)C(F)(F)F. The van der Waals surface area contributed by atoms with Crippen molar-refractivity contribution in [2.45, 2.75) is 43.7 Å². The number of sulfonamides is 1. The molecule has 1 aliphatic rings. The van der Waals surface area contributed by atoms with E-state index in [2.05, 4.69) is 0 Å². The normalized spacial score (nSPS) is 22.9. The Morgan fingerprint density at radius 3 is 2.44 bits per heavy atom. The van der Waals surface area contributed by atoms with Crippen molar-refractivity contribution in [3.8, 4) is 0 Å². The first-order chi connectivity index (χ1) is 8.16. The summed E-state index contributed by atoms with van der Waals surface area (Å²) in [4.78, 5) is 10.4. The summed E-state index contributed by atoms with van der Waals surface area (Å²) in [7, 11) is -5.36. The Hall–Kier alpha value is -0.830. The van der Waals surface area contributed by atoms with Gasteiger partial charge in [0.25, 0.3) is 0 Å². The van der Waals surface area contributed by atoms with Crippen LogP contribution >= 0.6 is 0 Å². The average molecular weight is 289 g/mol. The first-order valence-corrected chi connectivity index (χ1v) is 6.90. The van der Waals surface area contributed by atoms with Gasteiger partial charge in [0.05, 0.1) is 0 Å². The van der Waals surface area contributed by atoms with Gasteiger partial charge in [-0.2, -0.15) is 17.5 Å². The van der Waals surface area contributed by atoms with E-state index in [1.807, 2.05) is 0 Å². The predicted octanol–water partition coefficient (Wildman–Crippen LogP) is 1.56. The van der Waals surface area contributed by atoms with E-state index in [0.717, 1.165) is 0 Å². The van der Waals surface area contributed by atoms with Crippen LogP contribution in [0.4, 0.5) is 13.2 Å². The molecule has 0 bridgehead atoms. The van der Waals surface area contributed by atoms with Crippen molar-refractivity contribution < 1.29 is 31.5 Å². The number of carboxylic acids is 1. The summed E-state index contributed by atoms with van der Waals surface area (Å²) < 4.78 is 60.4. The first kappa shape index (κ1) is 15.2. The highest BCUT2D eigenvalue weighted by atomic mass is 32.2. The average Bonchev–Trinajstić information content (AvgIpc) is 2.25. The molecule has 0 aromatic carbocycles. The molecular formula is C9H14F3NO4S. The monoisotopic (exact) mass is 289 g/mol. The second-order valence-corrected chi connectivity index (χ2v) is 6.03. The highest BCUT2D eigenvalue weighted by molar-refractivity contribution is 7.90. The molecule has 0 radical (unpaired) electrons. The third-order valence-corrected chi connectivity index (χ3v) is 4.55. The number of carbonyl (C=O) groups is 1. The molecule has 0 aromatic heterocycles. The molecule has 1 heterocycles. The molecule has 1 saturated heterocycles. The quantitative estimate of drug-likeness (QED) is 0.852. The third-order valence-electron chi connectivity index (χ3n) is 2.87. The van der Waals surface area contributed by atoms with Crippen LogP contribution < -0.4 is 0 Å². The van der Waals surface area contributed by atoms with Gasteiger partial charge in [0, 0.05) is 19.0 Å². The van der Waals surface area contributed by atoms with Gasteiger partial charge in [0.2, 0.25) is 0 Å². The minimum absolute atomic E-state index is 0.0926. The maximum Gasteiger partial charge on any atom is 0.511 e. The van der Waals surface area contributed by atoms with Crippen molar-refractivity contribution in [2.24, 2.45) is 0 Å². The smallest absolute Gasteiger partial charge is 0.481 e. The van der Waals surface area contributed by atoms with Crippen molar-refractivity contribution in [1.29, 1.82) is 0 Å². The molecule has 0 spiro atoms. The lowest BCUT2D eigenvalue weighted by Gasteiger charge is -2.34. The van der Waals surface area contributed by atoms with Crippen LogP contribution in [0.15, 0.2) is 0 Å². The van der Waals surface area contributed by atoms with Crippen LogP contribution in [0.25, 0.3) is 0 Å². The summed E-state index contributed by atoms with van der Waals surface area (Å²) >= 11 is 0. The van der Waals surface area contributed by atoms with Crippen LogP contribution in [0.2, 0.25) is 0 Å². The number of nitrogens with zero attached hydrogens (tertiary/aromatic N) is 1. The van der Waals surface area contributed by atoms with E-state index in [4.69, 9.17) is 5.11 Å². The number of alkyl halides is 3. The van der Waals surface area contributed by atoms with Crippen LogP contribution in [0, 0.1) is 0 Å². The van der Waals surface area contributed by atoms with Crippen molar-refractivity contribution >= 4 is 16.0 Å². The van der Waals surface area contributed by atoms with E-state index in [1.165, 1.54) is 0 Å². The Labute approximate surface area is 103 Å². The van der Waals surface area contributed by atoms with Gasteiger partial charge in [0.15, 0.2) is 0 Å². The molecule has 0 saturated carbocycles. The molecule has 1 atom stereocenters. The van der Waals surface area contributed by atoms with Crippen LogP contribution in [0.1, 0.15) is 32.1 Å². The van der Waals surface area contributed by atoms with E-state index in [1.54, 1.807) is 0 Å². The largest absolute Gasteiger partial charge is 0.511 e. The Bertz CT molecular complexity index is 407. The van der Waals surface area contributed by atoms with Gasteiger partial charge in [-0.05, 0) is 19.3 Å². The lowest BCUT2D eigenvalue weighted by molar-refractivity contribution is -0.137. The Morgan fingerprint density at radius 1 is 1.33 bits per heavy atom. The molecule has 1 N–H and O–H groups in total. The topological polar surface area (TPSA) is 74.7 Å². The van der Waals surface area contributed by atoms with E-state index < -0.39 is 27.5 Å². The van der Waals surface area contributed by atoms with E-state index >= 15 is 0 Å². The third kappa shape index (κ3) is 3.35. The van der Waals surface area contributed by atoms with Gasteiger partial charge in [-0.25, -0.2) is 8.42 Å². The summed E-state index contributed by atoms with van der Waals surface area (Å²) in [5.74, 6) is -1.15. The molecule has 1 unspecified atom stereocenters. The van der Waals surface area contributed by atoms with Crippen LogP contribution in [0.5, 0.6) is 0 Å². The standard InChI is InChI=1S/C9H14F3NO4S/c10-9(11,12)18(16,17)13-6-2-1-3-7(13)4-5-8(14)15/h7H,1-6H2,(H,14,15). The van der Waals surface area contributed by atoms with Gasteiger partial charge in [-0.1, -0.05) is 6.42 Å². The number of aliphatic carboxylic acids is 1. The molecule has 18 heavy (non-hydrogen) atoms. The minimum atomic E-state index is -5.36. The second kappa shape index (κ2) is 5.43. The fourth-order valence-electron chi connectivity index (χ4n) is 2.00. The second-order valence-electron chi connectivity index (χ2n) is 4.14. The van der Waals surface area contributed by atoms with Crippen LogP contribution in [-0.2, 0) is 14.8 Å². The van der Waals surface area contributed by atoms with Gasteiger partial charge >= 0.3 is 21.5 Å². The number of rotatable bonds is 4. The Morgan fingerprint density at radius 2 is 1.94 bits per heavy atom. The number of piperidine rings is 1. The van der Waals surface area contributed by atoms with E-state index in [9.17, 15) is 26.4 Å². The Kier molecular flexibility index (Phi) is 4.60. The maximum absolute atomic E-state index is 12.4. The lowest BCUT2D eigenvalue weighted by Crippen LogP contribution is -2.49. The summed E-state index contributed by atoms with van der Waals surface area (Å²) in [6.07, 6.45) is 0.800. The fourth-order valence-corrected chi connectivity index (χ4v) is 3.24. The summed E-state index contributed by atoms with van der Waals surface area (Å²) in [5.41, 5.74) is -5.33. The van der Waals surface area contributed by atoms with Gasteiger partial charge in [0.1, 0.15) is 0 Å². The van der Waals surface area contributed by atoms with Gasteiger partial charge < -0.3 is 5.11 Å². The molecule has 1 fully saturated rings. The molecule has 1 aliphatic heterocycles. The zero-order chi connectivity index (χ0) is 14.0. The molecule has 0 aliphatic carbocycles. The highest BCUT2D eigenvalue weighted by Gasteiger charge is 2.52. The highest BCUT2D eigenvalue weighted by Crippen LogP contribution is 2.33. The fraction of sp³-hybridized carbons (Fsp3) is 0.889. The molecule has 0 amide bonds. The number of hydrogen-bond donors (Lipinski definition) is 1. The predicted molar refractivity (Wildman–Crippen MR) is 56.2 cm³/mol. The van der Waals surface area contributed by atoms with E-state index in [-0.39, 0.29) is 25.8 Å². The number of carboxylic acid groups (broad SMARTS) is 1. The van der Waals surface area contributed by atoms with Crippen molar-refractivity contribution in [3.05, 3.63) is 0 Å². The molecule has 5 nitrogen and oxygen atoms in total. The van der Waals surface area contributed by atoms with Gasteiger partial charge in [-0.3, -0.25) is 4.79 Å². The number of halogens is 3. The zero-order valence-corrected chi connectivity index (χ0v) is 10.3. The minimum Gasteiger partial charge on any atom is -0.481 e. The van der Waals surface area contributed by atoms with Gasteiger partial charge in [-0.15, -0.1) is 0 Å². The number of hydrogen-bond acceptors (Lipinski definition) is 3. The van der Waals surface area contributed by atoms with Crippen LogP contribution in [-0.4, -0.2) is 41.9 Å². The lowest BCUT2D eigenvalue weighted by atomic mass is 10.0. The van der Waals surface area contributed by atoms with Crippen molar-refractivity contribution in [1.82, 2.24) is 4.31 Å². The van der Waals surface area contributed by atoms with E-state index in [0.29, 0.717) is 17.1 Å². The molecule has 9 heteroatoms. The molecule has 1 rings (SSSR count). The van der Waals surface area contributed by atoms with Crippen LogP contribution in [0.3, 0.4) is 0 Å². The first-order valence-electron chi connectivity index (χ1n) is 5.46. The maximum atomic E-state index is 12.4.